The van der Waals surface area contributed by atoms with Crippen molar-refractivity contribution in [3.8, 4) is 5.75 Å². The van der Waals surface area contributed by atoms with E-state index >= 15 is 0 Å². The highest BCUT2D eigenvalue weighted by molar-refractivity contribution is 7.98. The molecule has 1 aliphatic heterocycles. The fourth-order valence-electron chi connectivity index (χ4n) is 3.65. The first-order valence-corrected chi connectivity index (χ1v) is 11.6. The van der Waals surface area contributed by atoms with Crippen molar-refractivity contribution in [3.63, 3.8) is 0 Å². The van der Waals surface area contributed by atoms with Crippen LogP contribution in [0.3, 0.4) is 0 Å². The van der Waals surface area contributed by atoms with Crippen LogP contribution in [0, 0.1) is 0 Å². The molecular formula is C24H24N4O5S. The van der Waals surface area contributed by atoms with Crippen molar-refractivity contribution in [2.24, 2.45) is 0 Å². The molecule has 4 rings (SSSR count). The second kappa shape index (κ2) is 10.0. The van der Waals surface area contributed by atoms with Gasteiger partial charge in [-0.1, -0.05) is 36.0 Å². The lowest BCUT2D eigenvalue weighted by atomic mass is 9.96. The first-order chi connectivity index (χ1) is 16.4. The number of ether oxygens (including phenoxy) is 2. The van der Waals surface area contributed by atoms with Crippen LogP contribution in [0.2, 0.25) is 0 Å². The number of aromatic carboxylic acids is 1. The van der Waals surface area contributed by atoms with Crippen LogP contribution in [0.4, 0.5) is 5.95 Å². The molecule has 0 saturated heterocycles. The Labute approximate surface area is 200 Å². The number of thioether (sulfide) groups is 1. The third-order valence-corrected chi connectivity index (χ3v) is 6.24. The molecule has 9 nitrogen and oxygen atoms in total. The van der Waals surface area contributed by atoms with Crippen molar-refractivity contribution in [2.75, 3.05) is 19.0 Å². The molecule has 3 aromatic rings. The van der Waals surface area contributed by atoms with Gasteiger partial charge >= 0.3 is 11.9 Å². The number of carboxylic acids is 1. The second-order valence-electron chi connectivity index (χ2n) is 7.51. The Hall–Kier alpha value is -3.79. The molecule has 34 heavy (non-hydrogen) atoms. The number of anilines is 1. The van der Waals surface area contributed by atoms with Gasteiger partial charge in [0.05, 0.1) is 24.9 Å². The summed E-state index contributed by atoms with van der Waals surface area (Å²) in [6.45, 7) is 3.85. The van der Waals surface area contributed by atoms with Gasteiger partial charge < -0.3 is 19.9 Å². The van der Waals surface area contributed by atoms with Gasteiger partial charge in [0.25, 0.3) is 0 Å². The fourth-order valence-corrected chi connectivity index (χ4v) is 4.44. The van der Waals surface area contributed by atoms with E-state index in [0.717, 1.165) is 11.1 Å². The van der Waals surface area contributed by atoms with Crippen LogP contribution in [0.15, 0.2) is 65.0 Å². The minimum Gasteiger partial charge on any atom is -0.497 e. The van der Waals surface area contributed by atoms with Crippen molar-refractivity contribution in [1.82, 2.24) is 14.8 Å². The number of hydrogen-bond donors (Lipinski definition) is 2. The SMILES string of the molecule is CCOC(=O)C1=C(C)Nc2nc(SCc3ccc(C(=O)O)cc3)nn2C1c1ccc(OC)cc1. The summed E-state index contributed by atoms with van der Waals surface area (Å²) in [5.41, 5.74) is 3.15. The van der Waals surface area contributed by atoms with Crippen LogP contribution in [0.5, 0.6) is 5.75 Å². The Morgan fingerprint density at radius 1 is 1.15 bits per heavy atom. The molecular weight excluding hydrogens is 456 g/mol. The number of esters is 1. The monoisotopic (exact) mass is 480 g/mol. The number of carbonyl (C=O) groups excluding carboxylic acids is 1. The number of allylic oxidation sites excluding steroid dienone is 1. The second-order valence-corrected chi connectivity index (χ2v) is 8.46. The minimum atomic E-state index is -0.960. The van der Waals surface area contributed by atoms with Crippen molar-refractivity contribution < 1.29 is 24.2 Å². The maximum absolute atomic E-state index is 12.9. The Bertz CT molecular complexity index is 1240. The lowest BCUT2D eigenvalue weighted by Gasteiger charge is -2.28. The number of methoxy groups -OCH3 is 1. The molecule has 0 radical (unpaired) electrons. The van der Waals surface area contributed by atoms with Gasteiger partial charge in [-0.25, -0.2) is 14.3 Å². The van der Waals surface area contributed by atoms with Crippen LogP contribution >= 0.6 is 11.8 Å². The molecule has 2 N–H and O–H groups in total. The molecule has 0 spiro atoms. The first kappa shape index (κ1) is 23.4. The Kier molecular flexibility index (Phi) is 6.87. The van der Waals surface area contributed by atoms with Crippen molar-refractivity contribution in [1.29, 1.82) is 0 Å². The zero-order valence-electron chi connectivity index (χ0n) is 18.9. The Morgan fingerprint density at radius 3 is 2.47 bits per heavy atom. The summed E-state index contributed by atoms with van der Waals surface area (Å²) >= 11 is 1.42. The molecule has 176 valence electrons. The quantitative estimate of drug-likeness (QED) is 0.363. The number of nitrogens with one attached hydrogen (secondary N) is 1. The van der Waals surface area contributed by atoms with E-state index in [1.54, 1.807) is 43.0 Å². The van der Waals surface area contributed by atoms with Gasteiger partial charge in [-0.3, -0.25) is 0 Å². The van der Waals surface area contributed by atoms with Crippen LogP contribution in [0.25, 0.3) is 0 Å². The van der Waals surface area contributed by atoms with E-state index < -0.39 is 18.0 Å². The molecule has 0 amide bonds. The van der Waals surface area contributed by atoms with Crippen molar-refractivity contribution >= 4 is 29.6 Å². The summed E-state index contributed by atoms with van der Waals surface area (Å²) in [5.74, 6) is 0.421. The van der Waals surface area contributed by atoms with Gasteiger partial charge in [0, 0.05) is 11.4 Å². The van der Waals surface area contributed by atoms with E-state index in [4.69, 9.17) is 14.6 Å². The zero-order chi connectivity index (χ0) is 24.2. The summed E-state index contributed by atoms with van der Waals surface area (Å²) in [4.78, 5) is 28.5. The van der Waals surface area contributed by atoms with E-state index in [0.29, 0.717) is 33.9 Å². The van der Waals surface area contributed by atoms with Crippen LogP contribution < -0.4 is 10.1 Å². The molecule has 1 atom stereocenters. The Balaban J connectivity index is 1.64. The molecule has 0 fully saturated rings. The molecule has 10 heteroatoms. The lowest BCUT2D eigenvalue weighted by molar-refractivity contribution is -0.139. The highest BCUT2D eigenvalue weighted by atomic mass is 32.2. The molecule has 1 aromatic heterocycles. The summed E-state index contributed by atoms with van der Waals surface area (Å²) in [6, 6.07) is 13.6. The average Bonchev–Trinajstić information content (AvgIpc) is 3.24. The highest BCUT2D eigenvalue weighted by Crippen LogP contribution is 2.37. The third kappa shape index (κ3) is 4.76. The fraction of sp³-hybridized carbons (Fsp3) is 0.250. The zero-order valence-corrected chi connectivity index (χ0v) is 19.8. The lowest BCUT2D eigenvalue weighted by Crippen LogP contribution is -2.29. The summed E-state index contributed by atoms with van der Waals surface area (Å²) in [6.07, 6.45) is 0. The van der Waals surface area contributed by atoms with Crippen LogP contribution in [-0.4, -0.2) is 45.5 Å². The predicted octanol–water partition coefficient (Wildman–Crippen LogP) is 4.13. The topological polar surface area (TPSA) is 116 Å². The van der Waals surface area contributed by atoms with E-state index in [2.05, 4.69) is 15.4 Å². The number of nitrogens with zero attached hydrogens (tertiary/aromatic N) is 3. The molecule has 0 saturated carbocycles. The van der Waals surface area contributed by atoms with E-state index in [1.807, 2.05) is 31.2 Å². The first-order valence-electron chi connectivity index (χ1n) is 10.6. The molecule has 1 aliphatic rings. The van der Waals surface area contributed by atoms with E-state index in [1.165, 1.54) is 11.8 Å². The summed E-state index contributed by atoms with van der Waals surface area (Å²) < 4.78 is 12.3. The average molecular weight is 481 g/mol. The summed E-state index contributed by atoms with van der Waals surface area (Å²) in [7, 11) is 1.60. The smallest absolute Gasteiger partial charge is 0.338 e. The maximum Gasteiger partial charge on any atom is 0.338 e. The normalized spacial score (nSPS) is 14.9. The number of carboxylic acid groups (broad SMARTS) is 1. The number of hydrogen-bond acceptors (Lipinski definition) is 8. The number of rotatable bonds is 8. The Morgan fingerprint density at radius 2 is 1.85 bits per heavy atom. The molecule has 0 bridgehead atoms. The van der Waals surface area contributed by atoms with E-state index in [9.17, 15) is 9.59 Å². The van der Waals surface area contributed by atoms with Crippen molar-refractivity contribution in [3.05, 3.63) is 76.5 Å². The molecule has 2 aromatic carbocycles. The van der Waals surface area contributed by atoms with E-state index in [-0.39, 0.29) is 12.2 Å². The van der Waals surface area contributed by atoms with Gasteiger partial charge in [0.15, 0.2) is 0 Å². The van der Waals surface area contributed by atoms with Gasteiger partial charge in [-0.15, -0.1) is 5.10 Å². The highest BCUT2D eigenvalue weighted by Gasteiger charge is 2.35. The van der Waals surface area contributed by atoms with Gasteiger partial charge in [0.1, 0.15) is 11.8 Å². The minimum absolute atomic E-state index is 0.240. The largest absolute Gasteiger partial charge is 0.497 e. The summed E-state index contributed by atoms with van der Waals surface area (Å²) in [5, 5.41) is 17.4. The van der Waals surface area contributed by atoms with Gasteiger partial charge in [0.2, 0.25) is 11.1 Å². The van der Waals surface area contributed by atoms with Gasteiger partial charge in [-0.05, 0) is 49.2 Å². The van der Waals surface area contributed by atoms with Crippen LogP contribution in [-0.2, 0) is 15.3 Å². The molecule has 2 heterocycles. The van der Waals surface area contributed by atoms with Gasteiger partial charge in [-0.2, -0.15) is 4.98 Å². The number of fused-ring (bicyclic) bond motifs is 1. The number of benzene rings is 2. The molecule has 1 unspecified atom stereocenters. The van der Waals surface area contributed by atoms with Crippen molar-refractivity contribution in [2.45, 2.75) is 30.8 Å². The third-order valence-electron chi connectivity index (χ3n) is 5.33. The number of aromatic nitrogens is 3. The molecule has 0 aliphatic carbocycles. The van der Waals surface area contributed by atoms with Crippen LogP contribution in [0.1, 0.15) is 41.4 Å². The predicted molar refractivity (Wildman–Crippen MR) is 127 cm³/mol. The standard InChI is InChI=1S/C24H24N4O5S/c1-4-33-22(31)19-14(2)25-23-26-24(34-13-15-5-7-17(8-6-15)21(29)30)27-28(23)20(19)16-9-11-18(32-3)12-10-16/h5-12,20H,4,13H2,1-3H3,(H,29,30)(H,25,26,27). The number of carbonyl (C=O) groups is 2. The maximum atomic E-state index is 12.9.